The zero-order valence-corrected chi connectivity index (χ0v) is 11.7. The SMILES string of the molecule is N#Cc1cccc(C#N)c1NCc1nccc2ccccc12. The van der Waals surface area contributed by atoms with E-state index in [0.29, 0.717) is 23.4 Å². The fraction of sp³-hybridized carbons (Fsp3) is 0.0556. The van der Waals surface area contributed by atoms with E-state index in [1.807, 2.05) is 30.3 Å². The van der Waals surface area contributed by atoms with Gasteiger partial charge in [0.15, 0.2) is 0 Å². The van der Waals surface area contributed by atoms with Crippen LogP contribution in [0.4, 0.5) is 5.69 Å². The minimum absolute atomic E-state index is 0.453. The summed E-state index contributed by atoms with van der Waals surface area (Å²) in [5.41, 5.74) is 2.36. The molecule has 0 radical (unpaired) electrons. The highest BCUT2D eigenvalue weighted by Crippen LogP contribution is 2.22. The average Bonchev–Trinajstić information content (AvgIpc) is 2.59. The highest BCUT2D eigenvalue weighted by molar-refractivity contribution is 5.84. The fourth-order valence-electron chi connectivity index (χ4n) is 2.42. The first-order chi connectivity index (χ1) is 10.8. The van der Waals surface area contributed by atoms with E-state index in [0.717, 1.165) is 16.5 Å². The van der Waals surface area contributed by atoms with Gasteiger partial charge in [-0.3, -0.25) is 4.98 Å². The quantitative estimate of drug-likeness (QED) is 0.797. The van der Waals surface area contributed by atoms with Crippen LogP contribution in [0.15, 0.2) is 54.7 Å². The minimum atomic E-state index is 0.453. The first kappa shape index (κ1) is 13.6. The van der Waals surface area contributed by atoms with E-state index < -0.39 is 0 Å². The lowest BCUT2D eigenvalue weighted by atomic mass is 10.1. The van der Waals surface area contributed by atoms with Crippen molar-refractivity contribution in [1.29, 1.82) is 10.5 Å². The van der Waals surface area contributed by atoms with Gasteiger partial charge in [0.25, 0.3) is 0 Å². The maximum atomic E-state index is 9.19. The summed E-state index contributed by atoms with van der Waals surface area (Å²) in [7, 11) is 0. The van der Waals surface area contributed by atoms with Gasteiger partial charge >= 0.3 is 0 Å². The van der Waals surface area contributed by atoms with E-state index in [2.05, 4.69) is 22.4 Å². The van der Waals surface area contributed by atoms with Crippen LogP contribution >= 0.6 is 0 Å². The molecule has 1 N–H and O–H groups in total. The number of nitrogens with zero attached hydrogens (tertiary/aromatic N) is 3. The molecule has 0 aliphatic heterocycles. The summed E-state index contributed by atoms with van der Waals surface area (Å²) >= 11 is 0. The molecule has 0 saturated heterocycles. The number of hydrogen-bond acceptors (Lipinski definition) is 4. The molecule has 4 heteroatoms. The van der Waals surface area contributed by atoms with Crippen molar-refractivity contribution in [1.82, 2.24) is 4.98 Å². The molecular formula is C18H12N4. The lowest BCUT2D eigenvalue weighted by Gasteiger charge is -2.11. The summed E-state index contributed by atoms with van der Waals surface area (Å²) < 4.78 is 0. The van der Waals surface area contributed by atoms with Crippen LogP contribution in [0.5, 0.6) is 0 Å². The highest BCUT2D eigenvalue weighted by Gasteiger charge is 2.09. The molecule has 0 bridgehead atoms. The van der Waals surface area contributed by atoms with Crippen molar-refractivity contribution in [3.05, 3.63) is 71.5 Å². The van der Waals surface area contributed by atoms with Crippen LogP contribution in [0.1, 0.15) is 16.8 Å². The van der Waals surface area contributed by atoms with Crippen molar-refractivity contribution in [3.63, 3.8) is 0 Å². The Morgan fingerprint density at radius 2 is 1.64 bits per heavy atom. The Balaban J connectivity index is 1.96. The van der Waals surface area contributed by atoms with Crippen molar-refractivity contribution >= 4 is 16.5 Å². The molecule has 22 heavy (non-hydrogen) atoms. The summed E-state index contributed by atoms with van der Waals surface area (Å²) in [6.07, 6.45) is 1.76. The zero-order valence-electron chi connectivity index (χ0n) is 11.7. The summed E-state index contributed by atoms with van der Waals surface area (Å²) in [5.74, 6) is 0. The number of anilines is 1. The average molecular weight is 284 g/mol. The first-order valence-electron chi connectivity index (χ1n) is 6.83. The Morgan fingerprint density at radius 1 is 0.909 bits per heavy atom. The number of aromatic nitrogens is 1. The molecule has 0 amide bonds. The van der Waals surface area contributed by atoms with Gasteiger partial charge < -0.3 is 5.32 Å². The zero-order chi connectivity index (χ0) is 15.4. The van der Waals surface area contributed by atoms with Crippen molar-refractivity contribution in [2.24, 2.45) is 0 Å². The number of fused-ring (bicyclic) bond motifs is 1. The molecule has 1 aromatic heterocycles. The number of rotatable bonds is 3. The largest absolute Gasteiger partial charge is 0.377 e. The maximum absolute atomic E-state index is 9.19. The Labute approximate surface area is 128 Å². The predicted octanol–water partition coefficient (Wildman–Crippen LogP) is 3.59. The summed E-state index contributed by atoms with van der Waals surface area (Å²) in [6.45, 7) is 0.453. The van der Waals surface area contributed by atoms with Gasteiger partial charge in [-0.25, -0.2) is 0 Å². The number of benzene rings is 2. The molecule has 0 saturated carbocycles. The lowest BCUT2D eigenvalue weighted by molar-refractivity contribution is 1.06. The molecule has 104 valence electrons. The second kappa shape index (κ2) is 5.95. The molecule has 0 spiro atoms. The second-order valence-electron chi connectivity index (χ2n) is 4.78. The van der Waals surface area contributed by atoms with Crippen molar-refractivity contribution in [3.8, 4) is 12.1 Å². The summed E-state index contributed by atoms with van der Waals surface area (Å²) in [5, 5.41) is 23.7. The number of pyridine rings is 1. The van der Waals surface area contributed by atoms with Gasteiger partial charge in [0, 0.05) is 11.6 Å². The van der Waals surface area contributed by atoms with Crippen LogP contribution in [-0.2, 0) is 6.54 Å². The van der Waals surface area contributed by atoms with E-state index in [4.69, 9.17) is 0 Å². The van der Waals surface area contributed by atoms with Gasteiger partial charge in [0.1, 0.15) is 12.1 Å². The molecule has 0 unspecified atom stereocenters. The van der Waals surface area contributed by atoms with Crippen LogP contribution in [0, 0.1) is 22.7 Å². The molecule has 4 nitrogen and oxygen atoms in total. The van der Waals surface area contributed by atoms with Gasteiger partial charge in [0.05, 0.1) is 29.1 Å². The van der Waals surface area contributed by atoms with Crippen LogP contribution in [0.25, 0.3) is 10.8 Å². The molecule has 0 aliphatic rings. The number of para-hydroxylation sites is 1. The van der Waals surface area contributed by atoms with Gasteiger partial charge in [0.2, 0.25) is 0 Å². The predicted molar refractivity (Wildman–Crippen MR) is 84.9 cm³/mol. The first-order valence-corrected chi connectivity index (χ1v) is 6.83. The number of nitrogens with one attached hydrogen (secondary N) is 1. The van der Waals surface area contributed by atoms with E-state index in [9.17, 15) is 10.5 Å². The van der Waals surface area contributed by atoms with E-state index in [1.54, 1.807) is 24.4 Å². The van der Waals surface area contributed by atoms with Crippen LogP contribution in [-0.4, -0.2) is 4.98 Å². The van der Waals surface area contributed by atoms with E-state index >= 15 is 0 Å². The Hall–Kier alpha value is -3.37. The summed E-state index contributed by atoms with van der Waals surface area (Å²) in [6, 6.07) is 19.3. The Bertz CT molecular complexity index is 879. The smallest absolute Gasteiger partial charge is 0.101 e. The van der Waals surface area contributed by atoms with Gasteiger partial charge in [-0.2, -0.15) is 10.5 Å². The standard InChI is InChI=1S/C18H12N4/c19-10-14-5-3-6-15(11-20)18(14)22-12-17-16-7-2-1-4-13(16)8-9-21-17/h1-9,22H,12H2. The normalized spacial score (nSPS) is 9.91. The third kappa shape index (κ3) is 2.46. The molecule has 2 aromatic carbocycles. The van der Waals surface area contributed by atoms with Crippen LogP contribution in [0.2, 0.25) is 0 Å². The molecule has 0 atom stereocenters. The third-order valence-corrected chi connectivity index (χ3v) is 3.49. The van der Waals surface area contributed by atoms with Crippen molar-refractivity contribution < 1.29 is 0 Å². The monoisotopic (exact) mass is 284 g/mol. The highest BCUT2D eigenvalue weighted by atomic mass is 14.9. The van der Waals surface area contributed by atoms with Crippen molar-refractivity contribution in [2.45, 2.75) is 6.54 Å². The van der Waals surface area contributed by atoms with Gasteiger partial charge in [-0.05, 0) is 23.6 Å². The van der Waals surface area contributed by atoms with Gasteiger partial charge in [-0.15, -0.1) is 0 Å². The van der Waals surface area contributed by atoms with Crippen LogP contribution in [0.3, 0.4) is 0 Å². The number of hydrogen-bond donors (Lipinski definition) is 1. The third-order valence-electron chi connectivity index (χ3n) is 3.49. The second-order valence-corrected chi connectivity index (χ2v) is 4.78. The fourth-order valence-corrected chi connectivity index (χ4v) is 2.42. The van der Waals surface area contributed by atoms with E-state index in [1.165, 1.54) is 0 Å². The lowest BCUT2D eigenvalue weighted by Crippen LogP contribution is -2.05. The minimum Gasteiger partial charge on any atom is -0.377 e. The molecule has 0 fully saturated rings. The maximum Gasteiger partial charge on any atom is 0.101 e. The number of nitriles is 2. The topological polar surface area (TPSA) is 72.5 Å². The molecular weight excluding hydrogens is 272 g/mol. The molecule has 3 rings (SSSR count). The molecule has 1 heterocycles. The molecule has 0 aliphatic carbocycles. The molecule has 3 aromatic rings. The van der Waals surface area contributed by atoms with Gasteiger partial charge in [-0.1, -0.05) is 30.3 Å². The summed E-state index contributed by atoms with van der Waals surface area (Å²) in [4.78, 5) is 4.40. The Morgan fingerprint density at radius 3 is 2.36 bits per heavy atom. The van der Waals surface area contributed by atoms with Crippen LogP contribution < -0.4 is 5.32 Å². The Kier molecular flexibility index (Phi) is 3.68. The van der Waals surface area contributed by atoms with Crippen molar-refractivity contribution in [2.75, 3.05) is 5.32 Å². The van der Waals surface area contributed by atoms with E-state index in [-0.39, 0.29) is 0 Å².